The summed E-state index contributed by atoms with van der Waals surface area (Å²) in [5, 5.41) is 3.46. The fraction of sp³-hybridized carbons (Fsp3) is 0.316. The highest BCUT2D eigenvalue weighted by Crippen LogP contribution is 2.27. The van der Waals surface area contributed by atoms with Crippen molar-refractivity contribution in [3.05, 3.63) is 58.1 Å². The molecule has 0 aliphatic rings. The molecule has 0 spiro atoms. The van der Waals surface area contributed by atoms with E-state index >= 15 is 0 Å². The summed E-state index contributed by atoms with van der Waals surface area (Å²) in [5.41, 5.74) is 2.59. The van der Waals surface area contributed by atoms with Crippen molar-refractivity contribution in [1.29, 1.82) is 0 Å². The molecule has 2 aromatic carbocycles. The predicted octanol–water partition coefficient (Wildman–Crippen LogP) is 4.55. The van der Waals surface area contributed by atoms with Gasteiger partial charge in [0.05, 0.1) is 25.3 Å². The number of halogens is 1. The first-order valence-electron chi connectivity index (χ1n) is 7.79. The van der Waals surface area contributed by atoms with Crippen LogP contribution < -0.4 is 14.8 Å². The highest BCUT2D eigenvalue weighted by Gasteiger charge is 2.16. The monoisotopic (exact) mass is 347 g/mol. The predicted molar refractivity (Wildman–Crippen MR) is 96.2 cm³/mol. The summed E-state index contributed by atoms with van der Waals surface area (Å²) in [5.74, 6) is 1.22. The van der Waals surface area contributed by atoms with Crippen LogP contribution in [0.2, 0.25) is 5.02 Å². The van der Waals surface area contributed by atoms with Crippen molar-refractivity contribution in [1.82, 2.24) is 5.32 Å². The van der Waals surface area contributed by atoms with E-state index in [9.17, 15) is 4.79 Å². The molecule has 0 saturated carbocycles. The fourth-order valence-electron chi connectivity index (χ4n) is 2.59. The maximum Gasteiger partial charge on any atom is 0.251 e. The second kappa shape index (κ2) is 8.06. The van der Waals surface area contributed by atoms with Crippen LogP contribution in [0.25, 0.3) is 0 Å². The summed E-state index contributed by atoms with van der Waals surface area (Å²) in [6.07, 6.45) is 0.779. The van der Waals surface area contributed by atoms with E-state index in [0.717, 1.165) is 23.3 Å². The average Bonchev–Trinajstić information content (AvgIpc) is 2.59. The number of methoxy groups -OCH3 is 2. The van der Waals surface area contributed by atoms with Crippen LogP contribution in [-0.2, 0) is 0 Å². The third-order valence-electron chi connectivity index (χ3n) is 3.95. The van der Waals surface area contributed by atoms with Crippen LogP contribution in [0, 0.1) is 6.92 Å². The zero-order chi connectivity index (χ0) is 17.7. The first kappa shape index (κ1) is 18.1. The first-order valence-corrected chi connectivity index (χ1v) is 8.16. The molecule has 0 radical (unpaired) electrons. The van der Waals surface area contributed by atoms with Gasteiger partial charge in [-0.1, -0.05) is 30.7 Å². The Bertz CT molecular complexity index is 731. The Balaban J connectivity index is 2.19. The Morgan fingerprint density at radius 2 is 1.79 bits per heavy atom. The minimum atomic E-state index is -0.167. The van der Waals surface area contributed by atoms with E-state index in [1.54, 1.807) is 32.4 Å². The molecule has 0 heterocycles. The normalized spacial score (nSPS) is 11.7. The second-order valence-corrected chi connectivity index (χ2v) is 5.92. The van der Waals surface area contributed by atoms with Crippen molar-refractivity contribution in [3.8, 4) is 11.5 Å². The van der Waals surface area contributed by atoms with Crippen LogP contribution in [0.5, 0.6) is 11.5 Å². The molecule has 1 atom stereocenters. The van der Waals surface area contributed by atoms with Crippen LogP contribution in [-0.4, -0.2) is 20.1 Å². The maximum atomic E-state index is 12.5. The van der Waals surface area contributed by atoms with E-state index in [2.05, 4.69) is 5.32 Å². The number of carbonyl (C=O) groups excluding carboxylic acids is 1. The topological polar surface area (TPSA) is 47.6 Å². The van der Waals surface area contributed by atoms with Crippen molar-refractivity contribution < 1.29 is 14.3 Å². The molecule has 128 valence electrons. The molecule has 0 saturated heterocycles. The van der Waals surface area contributed by atoms with Crippen molar-refractivity contribution in [2.24, 2.45) is 0 Å². The first-order chi connectivity index (χ1) is 11.5. The van der Waals surface area contributed by atoms with E-state index in [1.165, 1.54) is 0 Å². The number of nitrogens with one attached hydrogen (secondary N) is 1. The van der Waals surface area contributed by atoms with Crippen LogP contribution in [0.15, 0.2) is 36.4 Å². The smallest absolute Gasteiger partial charge is 0.251 e. The SMILES string of the molecule is CCC(NC(=O)c1ccc(OC)c(Cl)c1)c1ccc(OC)c(C)c1. The number of aryl methyl sites for hydroxylation is 1. The molecule has 0 aromatic heterocycles. The van der Waals surface area contributed by atoms with Gasteiger partial charge in [-0.3, -0.25) is 4.79 Å². The molecular weight excluding hydrogens is 326 g/mol. The van der Waals surface area contributed by atoms with Crippen molar-refractivity contribution in [3.63, 3.8) is 0 Å². The molecule has 0 fully saturated rings. The second-order valence-electron chi connectivity index (χ2n) is 5.51. The molecular formula is C19H22ClNO3. The molecule has 2 aromatic rings. The lowest BCUT2D eigenvalue weighted by atomic mass is 10.0. The van der Waals surface area contributed by atoms with Gasteiger partial charge >= 0.3 is 0 Å². The summed E-state index contributed by atoms with van der Waals surface area (Å²) in [4.78, 5) is 12.5. The minimum Gasteiger partial charge on any atom is -0.496 e. The standard InChI is InChI=1S/C19H22ClNO3/c1-5-16(13-6-8-17(23-3)12(2)10-13)21-19(22)14-7-9-18(24-4)15(20)11-14/h6-11,16H,5H2,1-4H3,(H,21,22). The van der Waals surface area contributed by atoms with Gasteiger partial charge in [-0.2, -0.15) is 0 Å². The number of ether oxygens (including phenoxy) is 2. The van der Waals surface area contributed by atoms with Gasteiger partial charge in [0.15, 0.2) is 0 Å². The molecule has 1 amide bonds. The minimum absolute atomic E-state index is 0.0806. The number of amides is 1. The highest BCUT2D eigenvalue weighted by atomic mass is 35.5. The van der Waals surface area contributed by atoms with Gasteiger partial charge in [-0.25, -0.2) is 0 Å². The molecule has 5 heteroatoms. The third kappa shape index (κ3) is 4.01. The summed E-state index contributed by atoms with van der Waals surface area (Å²) in [6.45, 7) is 4.02. The fourth-order valence-corrected chi connectivity index (χ4v) is 2.85. The lowest BCUT2D eigenvalue weighted by molar-refractivity contribution is 0.0935. The molecule has 24 heavy (non-hydrogen) atoms. The van der Waals surface area contributed by atoms with Gasteiger partial charge in [0.1, 0.15) is 11.5 Å². The van der Waals surface area contributed by atoms with Gasteiger partial charge in [0, 0.05) is 5.56 Å². The molecule has 2 rings (SSSR count). The molecule has 0 bridgehead atoms. The molecule has 0 aliphatic heterocycles. The highest BCUT2D eigenvalue weighted by molar-refractivity contribution is 6.32. The van der Waals surface area contributed by atoms with E-state index in [4.69, 9.17) is 21.1 Å². The van der Waals surface area contributed by atoms with Gasteiger partial charge in [-0.05, 0) is 48.7 Å². The molecule has 1 N–H and O–H groups in total. The number of rotatable bonds is 6. The van der Waals surface area contributed by atoms with E-state index < -0.39 is 0 Å². The van der Waals surface area contributed by atoms with Crippen LogP contribution in [0.4, 0.5) is 0 Å². The number of hydrogen-bond donors (Lipinski definition) is 1. The number of carbonyl (C=O) groups is 1. The Labute approximate surface area is 147 Å². The van der Waals surface area contributed by atoms with Gasteiger partial charge in [0.2, 0.25) is 0 Å². The lowest BCUT2D eigenvalue weighted by Gasteiger charge is -2.19. The Hall–Kier alpha value is -2.20. The quantitative estimate of drug-likeness (QED) is 0.834. The third-order valence-corrected chi connectivity index (χ3v) is 4.24. The van der Waals surface area contributed by atoms with E-state index in [-0.39, 0.29) is 11.9 Å². The number of benzene rings is 2. The summed E-state index contributed by atoms with van der Waals surface area (Å²) < 4.78 is 10.4. The largest absolute Gasteiger partial charge is 0.496 e. The summed E-state index contributed by atoms with van der Waals surface area (Å²) in [6, 6.07) is 10.9. The van der Waals surface area contributed by atoms with Gasteiger partial charge in [0.25, 0.3) is 5.91 Å². The molecule has 4 nitrogen and oxygen atoms in total. The Morgan fingerprint density at radius 1 is 1.12 bits per heavy atom. The lowest BCUT2D eigenvalue weighted by Crippen LogP contribution is -2.28. The van der Waals surface area contributed by atoms with Gasteiger partial charge in [-0.15, -0.1) is 0 Å². The zero-order valence-corrected chi connectivity index (χ0v) is 15.1. The summed E-state index contributed by atoms with van der Waals surface area (Å²) in [7, 11) is 3.19. The van der Waals surface area contributed by atoms with Gasteiger partial charge < -0.3 is 14.8 Å². The van der Waals surface area contributed by atoms with Crippen molar-refractivity contribution >= 4 is 17.5 Å². The van der Waals surface area contributed by atoms with E-state index in [1.807, 2.05) is 32.0 Å². The number of hydrogen-bond acceptors (Lipinski definition) is 3. The van der Waals surface area contributed by atoms with Crippen LogP contribution in [0.3, 0.4) is 0 Å². The average molecular weight is 348 g/mol. The van der Waals surface area contributed by atoms with Crippen molar-refractivity contribution in [2.75, 3.05) is 14.2 Å². The zero-order valence-electron chi connectivity index (χ0n) is 14.4. The Morgan fingerprint density at radius 3 is 2.33 bits per heavy atom. The van der Waals surface area contributed by atoms with Crippen molar-refractivity contribution in [2.45, 2.75) is 26.3 Å². The van der Waals surface area contributed by atoms with Crippen LogP contribution in [0.1, 0.15) is 40.9 Å². The van der Waals surface area contributed by atoms with Crippen LogP contribution >= 0.6 is 11.6 Å². The maximum absolute atomic E-state index is 12.5. The van der Waals surface area contributed by atoms with E-state index in [0.29, 0.717) is 16.3 Å². The molecule has 1 unspecified atom stereocenters. The Kier molecular flexibility index (Phi) is 6.10. The molecule has 0 aliphatic carbocycles. The summed E-state index contributed by atoms with van der Waals surface area (Å²) >= 11 is 6.10.